The molecule has 0 atom stereocenters. The molecule has 0 aliphatic heterocycles. The molecule has 1 heterocycles. The number of aryl methyl sites for hydroxylation is 1. The highest BCUT2D eigenvalue weighted by atomic mass is 19.4. The summed E-state index contributed by atoms with van der Waals surface area (Å²) in [6.07, 6.45) is -3.24. The molecule has 0 radical (unpaired) electrons. The van der Waals surface area contributed by atoms with Gasteiger partial charge in [-0.15, -0.1) is 0 Å². The molecule has 0 saturated carbocycles. The van der Waals surface area contributed by atoms with Crippen molar-refractivity contribution in [2.45, 2.75) is 13.1 Å². The molecule has 0 N–H and O–H groups in total. The lowest BCUT2D eigenvalue weighted by Gasteiger charge is -2.11. The fraction of sp³-hybridized carbons (Fsp3) is 0.154. The molecular formula is C13H9F3N2O. The van der Waals surface area contributed by atoms with Crippen LogP contribution in [0.25, 0.3) is 0 Å². The van der Waals surface area contributed by atoms with Crippen LogP contribution < -0.4 is 0 Å². The van der Waals surface area contributed by atoms with Crippen molar-refractivity contribution in [2.24, 2.45) is 0 Å². The molecule has 0 spiro atoms. The molecule has 2 rings (SSSR count). The van der Waals surface area contributed by atoms with E-state index in [2.05, 4.69) is 9.97 Å². The van der Waals surface area contributed by atoms with E-state index in [0.29, 0.717) is 5.82 Å². The maximum Gasteiger partial charge on any atom is 0.417 e. The van der Waals surface area contributed by atoms with E-state index in [1.165, 1.54) is 24.4 Å². The quantitative estimate of drug-likeness (QED) is 0.785. The highest BCUT2D eigenvalue weighted by Crippen LogP contribution is 2.32. The first kappa shape index (κ1) is 13.2. The Balaban J connectivity index is 2.51. The smallest absolute Gasteiger partial charge is 0.287 e. The lowest BCUT2D eigenvalue weighted by molar-refractivity contribution is -0.137. The number of nitrogens with zero attached hydrogens (tertiary/aromatic N) is 2. The third kappa shape index (κ3) is 2.78. The molecule has 0 saturated heterocycles. The van der Waals surface area contributed by atoms with Crippen LogP contribution in [0.4, 0.5) is 13.2 Å². The van der Waals surface area contributed by atoms with Gasteiger partial charge in [-0.25, -0.2) is 9.97 Å². The van der Waals surface area contributed by atoms with Gasteiger partial charge in [0.25, 0.3) is 0 Å². The molecule has 0 bridgehead atoms. The topological polar surface area (TPSA) is 42.9 Å². The molecule has 98 valence electrons. The summed E-state index contributed by atoms with van der Waals surface area (Å²) in [6, 6.07) is 5.94. The van der Waals surface area contributed by atoms with Crippen LogP contribution in [0.15, 0.2) is 36.5 Å². The Morgan fingerprint density at radius 1 is 1.16 bits per heavy atom. The van der Waals surface area contributed by atoms with Crippen LogP contribution in [0.2, 0.25) is 0 Å². The summed E-state index contributed by atoms with van der Waals surface area (Å²) in [6.45, 7) is 1.56. The van der Waals surface area contributed by atoms with E-state index in [0.717, 1.165) is 12.1 Å². The Kier molecular flexibility index (Phi) is 3.33. The number of rotatable bonds is 2. The van der Waals surface area contributed by atoms with Gasteiger partial charge in [0.05, 0.1) is 5.56 Å². The summed E-state index contributed by atoms with van der Waals surface area (Å²) < 4.78 is 38.5. The van der Waals surface area contributed by atoms with Gasteiger partial charge in [0.2, 0.25) is 5.78 Å². The van der Waals surface area contributed by atoms with E-state index in [1.54, 1.807) is 6.92 Å². The number of halogens is 3. The lowest BCUT2D eigenvalue weighted by atomic mass is 10.0. The van der Waals surface area contributed by atoms with Crippen molar-refractivity contribution in [1.82, 2.24) is 9.97 Å². The molecule has 2 aromatic rings. The van der Waals surface area contributed by atoms with E-state index in [4.69, 9.17) is 0 Å². The molecule has 1 aromatic heterocycles. The predicted molar refractivity (Wildman–Crippen MR) is 61.6 cm³/mol. The monoisotopic (exact) mass is 266 g/mol. The Morgan fingerprint density at radius 2 is 1.84 bits per heavy atom. The molecule has 3 nitrogen and oxygen atoms in total. The van der Waals surface area contributed by atoms with Crippen molar-refractivity contribution in [2.75, 3.05) is 0 Å². The van der Waals surface area contributed by atoms with Gasteiger partial charge in [0.15, 0.2) is 0 Å². The van der Waals surface area contributed by atoms with Gasteiger partial charge in [0.1, 0.15) is 11.5 Å². The first-order valence-electron chi connectivity index (χ1n) is 5.40. The Labute approximate surface area is 107 Å². The molecule has 0 aliphatic carbocycles. The molecule has 0 unspecified atom stereocenters. The number of carbonyl (C=O) groups excluding carboxylic acids is 1. The summed E-state index contributed by atoms with van der Waals surface area (Å²) >= 11 is 0. The van der Waals surface area contributed by atoms with Gasteiger partial charge in [-0.1, -0.05) is 18.2 Å². The maximum atomic E-state index is 12.8. The highest BCUT2D eigenvalue weighted by Gasteiger charge is 2.35. The van der Waals surface area contributed by atoms with Crippen LogP contribution in [0.1, 0.15) is 27.4 Å². The van der Waals surface area contributed by atoms with Crippen molar-refractivity contribution < 1.29 is 18.0 Å². The Hall–Kier alpha value is -2.24. The number of ketones is 1. The minimum Gasteiger partial charge on any atom is -0.287 e. The van der Waals surface area contributed by atoms with E-state index in [9.17, 15) is 18.0 Å². The standard InChI is InChI=1S/C13H9F3N2O/c1-8-17-7-6-11(18-8)12(19)9-4-2-3-5-10(9)13(14,15)16/h2-7H,1H3. The van der Waals surface area contributed by atoms with Crippen molar-refractivity contribution >= 4 is 5.78 Å². The highest BCUT2D eigenvalue weighted by molar-refractivity contribution is 6.08. The van der Waals surface area contributed by atoms with Gasteiger partial charge in [-0.2, -0.15) is 13.2 Å². The van der Waals surface area contributed by atoms with E-state index < -0.39 is 23.1 Å². The molecular weight excluding hydrogens is 257 g/mol. The maximum absolute atomic E-state index is 12.8. The average Bonchev–Trinajstić information content (AvgIpc) is 2.37. The fourth-order valence-electron chi connectivity index (χ4n) is 1.65. The summed E-state index contributed by atoms with van der Waals surface area (Å²) in [7, 11) is 0. The third-order valence-electron chi connectivity index (χ3n) is 2.49. The second-order valence-corrected chi connectivity index (χ2v) is 3.86. The van der Waals surface area contributed by atoms with Crippen molar-refractivity contribution in [1.29, 1.82) is 0 Å². The zero-order chi connectivity index (χ0) is 14.0. The summed E-state index contributed by atoms with van der Waals surface area (Å²) in [5.41, 5.74) is -1.42. The van der Waals surface area contributed by atoms with Crippen molar-refractivity contribution in [3.05, 3.63) is 59.2 Å². The molecule has 0 aliphatic rings. The average molecular weight is 266 g/mol. The lowest BCUT2D eigenvalue weighted by Crippen LogP contribution is -2.14. The number of hydrogen-bond acceptors (Lipinski definition) is 3. The van der Waals surface area contributed by atoms with Crippen LogP contribution >= 0.6 is 0 Å². The second-order valence-electron chi connectivity index (χ2n) is 3.86. The number of hydrogen-bond donors (Lipinski definition) is 0. The van der Waals surface area contributed by atoms with Gasteiger partial charge >= 0.3 is 6.18 Å². The van der Waals surface area contributed by atoms with E-state index >= 15 is 0 Å². The second kappa shape index (κ2) is 4.79. The molecule has 6 heteroatoms. The molecule has 19 heavy (non-hydrogen) atoms. The van der Waals surface area contributed by atoms with Gasteiger partial charge in [0, 0.05) is 11.8 Å². The SMILES string of the molecule is Cc1nccc(C(=O)c2ccccc2C(F)(F)F)n1. The summed E-state index contributed by atoms with van der Waals surface area (Å²) in [4.78, 5) is 19.7. The Morgan fingerprint density at radius 3 is 2.47 bits per heavy atom. The normalized spacial score (nSPS) is 11.4. The molecule has 0 fully saturated rings. The molecule has 1 aromatic carbocycles. The van der Waals surface area contributed by atoms with Gasteiger partial charge in [-0.3, -0.25) is 4.79 Å². The number of carbonyl (C=O) groups is 1. The van der Waals surface area contributed by atoms with Crippen LogP contribution in [0.3, 0.4) is 0 Å². The van der Waals surface area contributed by atoms with Gasteiger partial charge < -0.3 is 0 Å². The fourth-order valence-corrected chi connectivity index (χ4v) is 1.65. The summed E-state index contributed by atoms with van der Waals surface area (Å²) in [5.74, 6) is -0.436. The summed E-state index contributed by atoms with van der Waals surface area (Å²) in [5, 5.41) is 0. The first-order valence-corrected chi connectivity index (χ1v) is 5.40. The third-order valence-corrected chi connectivity index (χ3v) is 2.49. The van der Waals surface area contributed by atoms with Crippen molar-refractivity contribution in [3.8, 4) is 0 Å². The minimum absolute atomic E-state index is 0.0517. The number of alkyl halides is 3. The Bertz CT molecular complexity index is 623. The van der Waals surface area contributed by atoms with Gasteiger partial charge in [-0.05, 0) is 19.1 Å². The van der Waals surface area contributed by atoms with E-state index in [1.807, 2.05) is 0 Å². The number of benzene rings is 1. The minimum atomic E-state index is -4.58. The van der Waals surface area contributed by atoms with Crippen LogP contribution in [-0.2, 0) is 6.18 Å². The number of aromatic nitrogens is 2. The van der Waals surface area contributed by atoms with Crippen LogP contribution in [0.5, 0.6) is 0 Å². The predicted octanol–water partition coefficient (Wildman–Crippen LogP) is 3.03. The molecule has 0 amide bonds. The largest absolute Gasteiger partial charge is 0.417 e. The van der Waals surface area contributed by atoms with Crippen molar-refractivity contribution in [3.63, 3.8) is 0 Å². The zero-order valence-corrected chi connectivity index (χ0v) is 9.90. The zero-order valence-electron chi connectivity index (χ0n) is 9.90. The van der Waals surface area contributed by atoms with E-state index in [-0.39, 0.29) is 5.69 Å². The first-order chi connectivity index (χ1) is 8.89. The van der Waals surface area contributed by atoms with Crippen LogP contribution in [-0.4, -0.2) is 15.8 Å². The van der Waals surface area contributed by atoms with Crippen LogP contribution in [0, 0.1) is 6.92 Å².